The first-order valence-corrected chi connectivity index (χ1v) is 8.18. The number of hydrogen-bond acceptors (Lipinski definition) is 2. The maximum Gasteiger partial charge on any atom is 0.119 e. The number of nitrogens with zero attached hydrogens (tertiary/aromatic N) is 1. The molecule has 1 N–H and O–H groups in total. The molecule has 20 heavy (non-hydrogen) atoms. The Kier molecular flexibility index (Phi) is 3.76. The van der Waals surface area contributed by atoms with Crippen molar-refractivity contribution in [3.63, 3.8) is 0 Å². The van der Waals surface area contributed by atoms with Gasteiger partial charge in [0.05, 0.1) is 0 Å². The minimum absolute atomic E-state index is 0.502. The van der Waals surface area contributed by atoms with Gasteiger partial charge >= 0.3 is 0 Å². The number of rotatable bonds is 2. The zero-order valence-corrected chi connectivity index (χ0v) is 12.9. The lowest BCUT2D eigenvalue weighted by molar-refractivity contribution is 0.0732. The summed E-state index contributed by atoms with van der Waals surface area (Å²) in [5, 5.41) is 10.1. The van der Waals surface area contributed by atoms with Crippen LogP contribution in [-0.4, -0.2) is 23.1 Å². The van der Waals surface area contributed by atoms with Crippen LogP contribution in [0.4, 0.5) is 0 Å². The van der Waals surface area contributed by atoms with Gasteiger partial charge in [-0.1, -0.05) is 32.4 Å². The summed E-state index contributed by atoms with van der Waals surface area (Å²) in [5.74, 6) is 0.502. The molecule has 1 heterocycles. The van der Waals surface area contributed by atoms with E-state index in [1.807, 2.05) is 12.1 Å². The predicted octanol–water partition coefficient (Wildman–Crippen LogP) is 4.28. The van der Waals surface area contributed by atoms with Gasteiger partial charge in [0.15, 0.2) is 0 Å². The summed E-state index contributed by atoms with van der Waals surface area (Å²) in [6.07, 6.45) is 7.42. The molecule has 1 atom stereocenters. The summed E-state index contributed by atoms with van der Waals surface area (Å²) in [5.41, 5.74) is 3.14. The number of phenols is 1. The summed E-state index contributed by atoms with van der Waals surface area (Å²) >= 11 is 0. The van der Waals surface area contributed by atoms with E-state index in [0.29, 0.717) is 17.2 Å². The first kappa shape index (κ1) is 13.9. The number of benzene rings is 1. The Morgan fingerprint density at radius 3 is 2.75 bits per heavy atom. The molecule has 0 amide bonds. The normalized spacial score (nSPS) is 26.2. The maximum atomic E-state index is 10.1. The van der Waals surface area contributed by atoms with E-state index in [2.05, 4.69) is 24.8 Å². The van der Waals surface area contributed by atoms with Gasteiger partial charge in [0.25, 0.3) is 0 Å². The smallest absolute Gasteiger partial charge is 0.119 e. The van der Waals surface area contributed by atoms with Crippen LogP contribution in [0.5, 0.6) is 5.75 Å². The number of likely N-dealkylation sites (tertiary alicyclic amines) is 1. The van der Waals surface area contributed by atoms with Gasteiger partial charge in [0.1, 0.15) is 5.75 Å². The number of piperidine rings is 1. The molecule has 1 unspecified atom stereocenters. The molecule has 0 aromatic heterocycles. The van der Waals surface area contributed by atoms with E-state index < -0.39 is 0 Å². The zero-order chi connectivity index (χ0) is 14.2. The van der Waals surface area contributed by atoms with Crippen molar-refractivity contribution in [3.8, 4) is 5.75 Å². The average molecular weight is 273 g/mol. The molecule has 1 aromatic carbocycles. The average Bonchev–Trinajstić information content (AvgIpc) is 2.48. The molecular weight excluding hydrogens is 246 g/mol. The fourth-order valence-corrected chi connectivity index (χ4v) is 3.91. The molecule has 2 aliphatic rings. The molecular formula is C18H27NO. The van der Waals surface area contributed by atoms with Crippen molar-refractivity contribution in [2.24, 2.45) is 5.41 Å². The second-order valence-electron chi connectivity index (χ2n) is 6.95. The van der Waals surface area contributed by atoms with Gasteiger partial charge < -0.3 is 5.11 Å². The molecule has 1 aliphatic carbocycles. The third-order valence-electron chi connectivity index (χ3n) is 5.75. The Bertz CT molecular complexity index is 474. The third kappa shape index (κ3) is 2.46. The first-order valence-electron chi connectivity index (χ1n) is 8.18. The molecule has 0 radical (unpaired) electrons. The minimum Gasteiger partial charge on any atom is -0.508 e. The van der Waals surface area contributed by atoms with Crippen molar-refractivity contribution in [1.29, 1.82) is 0 Å². The second kappa shape index (κ2) is 5.40. The van der Waals surface area contributed by atoms with E-state index in [1.165, 1.54) is 56.3 Å². The van der Waals surface area contributed by atoms with Crippen molar-refractivity contribution in [2.45, 2.75) is 58.4 Å². The van der Waals surface area contributed by atoms with Gasteiger partial charge in [-0.15, -0.1) is 0 Å². The van der Waals surface area contributed by atoms with Crippen LogP contribution in [0.2, 0.25) is 0 Å². The topological polar surface area (TPSA) is 23.5 Å². The van der Waals surface area contributed by atoms with Gasteiger partial charge in [0, 0.05) is 6.04 Å². The molecule has 2 heteroatoms. The quantitative estimate of drug-likeness (QED) is 0.869. The summed E-state index contributed by atoms with van der Waals surface area (Å²) in [6.45, 7) is 7.18. The van der Waals surface area contributed by atoms with Crippen LogP contribution in [0.15, 0.2) is 18.2 Å². The summed E-state index contributed by atoms with van der Waals surface area (Å²) < 4.78 is 0. The SMILES string of the molecule is CCC1(C)CCN(C2CCCc3c(O)cccc32)CC1. The van der Waals surface area contributed by atoms with E-state index in [0.717, 1.165) is 6.42 Å². The van der Waals surface area contributed by atoms with Crippen LogP contribution in [0.1, 0.15) is 63.1 Å². The maximum absolute atomic E-state index is 10.1. The van der Waals surface area contributed by atoms with E-state index in [-0.39, 0.29) is 0 Å². The van der Waals surface area contributed by atoms with Crippen molar-refractivity contribution < 1.29 is 5.11 Å². The second-order valence-corrected chi connectivity index (χ2v) is 6.95. The summed E-state index contributed by atoms with van der Waals surface area (Å²) in [7, 11) is 0. The van der Waals surface area contributed by atoms with Gasteiger partial charge in [-0.25, -0.2) is 0 Å². The highest BCUT2D eigenvalue weighted by atomic mass is 16.3. The largest absolute Gasteiger partial charge is 0.508 e. The molecule has 0 spiro atoms. The fraction of sp³-hybridized carbons (Fsp3) is 0.667. The molecule has 0 bridgehead atoms. The van der Waals surface area contributed by atoms with Crippen LogP contribution in [0.25, 0.3) is 0 Å². The molecule has 1 saturated heterocycles. The molecule has 1 aromatic rings. The minimum atomic E-state index is 0.502. The Labute approximate surface area is 122 Å². The van der Waals surface area contributed by atoms with Crippen LogP contribution in [0, 0.1) is 5.41 Å². The fourth-order valence-electron chi connectivity index (χ4n) is 3.91. The number of fused-ring (bicyclic) bond motifs is 1. The molecule has 110 valence electrons. The number of phenolic OH excluding ortho intramolecular Hbond substituents is 1. The summed E-state index contributed by atoms with van der Waals surface area (Å²) in [4.78, 5) is 2.66. The monoisotopic (exact) mass is 273 g/mol. The highest BCUT2D eigenvalue weighted by molar-refractivity contribution is 5.42. The predicted molar refractivity (Wildman–Crippen MR) is 83.0 cm³/mol. The number of aromatic hydroxyl groups is 1. The van der Waals surface area contributed by atoms with Gasteiger partial charge in [0.2, 0.25) is 0 Å². The molecule has 1 aliphatic heterocycles. The van der Waals surface area contributed by atoms with Gasteiger partial charge in [-0.05, 0) is 67.8 Å². The Balaban J connectivity index is 1.79. The lowest BCUT2D eigenvalue weighted by atomic mass is 9.77. The zero-order valence-electron chi connectivity index (χ0n) is 12.9. The Hall–Kier alpha value is -1.02. The summed E-state index contributed by atoms with van der Waals surface area (Å²) in [6, 6.07) is 6.61. The van der Waals surface area contributed by atoms with E-state index in [4.69, 9.17) is 0 Å². The standard InChI is InChI=1S/C18H27NO/c1-3-18(2)10-12-19(13-11-18)16-8-4-7-15-14(16)6-5-9-17(15)20/h5-6,9,16,20H,3-4,7-8,10-13H2,1-2H3. The van der Waals surface area contributed by atoms with Gasteiger partial charge in [-0.3, -0.25) is 4.90 Å². The molecule has 1 fully saturated rings. The molecule has 0 saturated carbocycles. The van der Waals surface area contributed by atoms with Crippen molar-refractivity contribution >= 4 is 0 Å². The number of hydrogen-bond donors (Lipinski definition) is 1. The van der Waals surface area contributed by atoms with Crippen molar-refractivity contribution in [1.82, 2.24) is 4.90 Å². The lowest BCUT2D eigenvalue weighted by Gasteiger charge is -2.44. The Morgan fingerprint density at radius 1 is 1.30 bits per heavy atom. The van der Waals surface area contributed by atoms with Crippen molar-refractivity contribution in [2.75, 3.05) is 13.1 Å². The molecule has 2 nitrogen and oxygen atoms in total. The van der Waals surface area contributed by atoms with Gasteiger partial charge in [-0.2, -0.15) is 0 Å². The molecule has 3 rings (SSSR count). The van der Waals surface area contributed by atoms with Crippen LogP contribution in [-0.2, 0) is 6.42 Å². The van der Waals surface area contributed by atoms with Crippen LogP contribution < -0.4 is 0 Å². The van der Waals surface area contributed by atoms with Crippen molar-refractivity contribution in [3.05, 3.63) is 29.3 Å². The highest BCUT2D eigenvalue weighted by Gasteiger charge is 2.33. The van der Waals surface area contributed by atoms with E-state index in [9.17, 15) is 5.11 Å². The highest BCUT2D eigenvalue weighted by Crippen LogP contribution is 2.42. The van der Waals surface area contributed by atoms with Crippen LogP contribution >= 0.6 is 0 Å². The third-order valence-corrected chi connectivity index (χ3v) is 5.75. The Morgan fingerprint density at radius 2 is 2.05 bits per heavy atom. The van der Waals surface area contributed by atoms with E-state index >= 15 is 0 Å². The lowest BCUT2D eigenvalue weighted by Crippen LogP contribution is -2.41. The van der Waals surface area contributed by atoms with E-state index in [1.54, 1.807) is 0 Å². The first-order chi connectivity index (χ1) is 9.63. The van der Waals surface area contributed by atoms with Crippen LogP contribution in [0.3, 0.4) is 0 Å².